The van der Waals surface area contributed by atoms with Gasteiger partial charge < -0.3 is 16.2 Å². The third-order valence-corrected chi connectivity index (χ3v) is 4.01. The fraction of sp³-hybridized carbons (Fsp3) is 0.583. The Kier molecular flexibility index (Phi) is 4.36. The molecule has 2 rings (SSSR count). The molecule has 0 saturated heterocycles. The minimum absolute atomic E-state index is 0.0536. The molecule has 0 atom stereocenters. The van der Waals surface area contributed by atoms with Gasteiger partial charge in [0.1, 0.15) is 4.88 Å². The summed E-state index contributed by atoms with van der Waals surface area (Å²) in [6, 6.07) is 0. The quantitative estimate of drug-likeness (QED) is 0.498. The van der Waals surface area contributed by atoms with Crippen molar-refractivity contribution < 1.29 is 9.53 Å². The van der Waals surface area contributed by atoms with Crippen molar-refractivity contribution in [3.63, 3.8) is 0 Å². The number of aromatic nitrogens is 1. The first-order valence-electron chi connectivity index (χ1n) is 6.39. The van der Waals surface area contributed by atoms with Crippen LogP contribution in [0.2, 0.25) is 0 Å². The van der Waals surface area contributed by atoms with Gasteiger partial charge in [-0.25, -0.2) is 9.78 Å². The van der Waals surface area contributed by atoms with Crippen molar-refractivity contribution in [1.82, 2.24) is 4.98 Å². The van der Waals surface area contributed by atoms with Crippen LogP contribution in [0.3, 0.4) is 0 Å². The summed E-state index contributed by atoms with van der Waals surface area (Å²) >= 11 is 1.19. The van der Waals surface area contributed by atoms with E-state index in [0.717, 1.165) is 18.5 Å². The molecule has 1 heterocycles. The van der Waals surface area contributed by atoms with E-state index in [1.807, 2.05) is 0 Å². The van der Waals surface area contributed by atoms with Crippen LogP contribution in [0.4, 0.5) is 5.13 Å². The number of thiazole rings is 1. The molecule has 1 saturated carbocycles. The van der Waals surface area contributed by atoms with E-state index in [2.05, 4.69) is 9.98 Å². The second-order valence-corrected chi connectivity index (χ2v) is 5.43. The van der Waals surface area contributed by atoms with Crippen LogP contribution < -0.4 is 11.5 Å². The molecular formula is C12H18N4O2S. The number of hydrogen-bond acceptors (Lipinski definition) is 5. The summed E-state index contributed by atoms with van der Waals surface area (Å²) in [6.45, 7) is 2.13. The van der Waals surface area contributed by atoms with Crippen molar-refractivity contribution >= 4 is 28.4 Å². The highest BCUT2D eigenvalue weighted by Gasteiger charge is 2.27. The van der Waals surface area contributed by atoms with Crippen molar-refractivity contribution in [3.8, 4) is 0 Å². The molecule has 0 spiro atoms. The highest BCUT2D eigenvalue weighted by atomic mass is 32.1. The van der Waals surface area contributed by atoms with Crippen LogP contribution in [-0.4, -0.2) is 23.5 Å². The number of nitrogens with zero attached hydrogens (tertiary/aromatic N) is 2. The first-order chi connectivity index (χ1) is 9.11. The molecule has 1 aromatic rings. The van der Waals surface area contributed by atoms with Crippen LogP contribution in [-0.2, 0) is 4.74 Å². The standard InChI is InChI=1S/C12H18N4O2S/c1-2-18-10(17)9-8(7-5-3-4-6-7)15-12(19-9)16-11(13)14/h7H,2-6H2,1H3,(H4,13,14,15,16). The maximum absolute atomic E-state index is 12.0. The zero-order chi connectivity index (χ0) is 13.8. The van der Waals surface area contributed by atoms with Crippen molar-refractivity contribution in [3.05, 3.63) is 10.6 Å². The lowest BCUT2D eigenvalue weighted by Crippen LogP contribution is -2.21. The van der Waals surface area contributed by atoms with E-state index in [0.29, 0.717) is 22.5 Å². The Morgan fingerprint density at radius 2 is 2.16 bits per heavy atom. The average Bonchev–Trinajstić information content (AvgIpc) is 2.96. The van der Waals surface area contributed by atoms with E-state index in [1.54, 1.807) is 6.92 Å². The molecule has 104 valence electrons. The Bertz CT molecular complexity index is 488. The number of nitrogens with two attached hydrogens (primary N) is 2. The predicted molar refractivity (Wildman–Crippen MR) is 74.7 cm³/mol. The lowest BCUT2D eigenvalue weighted by Gasteiger charge is -2.07. The number of rotatable bonds is 4. The molecule has 0 amide bonds. The first kappa shape index (κ1) is 13.8. The Morgan fingerprint density at radius 3 is 2.74 bits per heavy atom. The smallest absolute Gasteiger partial charge is 0.350 e. The number of hydrogen-bond donors (Lipinski definition) is 2. The minimum Gasteiger partial charge on any atom is -0.462 e. The molecule has 0 aromatic carbocycles. The van der Waals surface area contributed by atoms with Crippen LogP contribution in [0.15, 0.2) is 4.99 Å². The number of ether oxygens (including phenoxy) is 1. The van der Waals surface area contributed by atoms with Crippen molar-refractivity contribution in [2.75, 3.05) is 6.61 Å². The van der Waals surface area contributed by atoms with Gasteiger partial charge in [-0.1, -0.05) is 24.2 Å². The van der Waals surface area contributed by atoms with Crippen molar-refractivity contribution in [2.45, 2.75) is 38.5 Å². The lowest BCUT2D eigenvalue weighted by molar-refractivity contribution is 0.0530. The summed E-state index contributed by atoms with van der Waals surface area (Å²) in [7, 11) is 0. The lowest BCUT2D eigenvalue weighted by atomic mass is 10.0. The molecule has 0 aliphatic heterocycles. The first-order valence-corrected chi connectivity index (χ1v) is 7.21. The maximum atomic E-state index is 12.0. The normalized spacial score (nSPS) is 15.4. The summed E-state index contributed by atoms with van der Waals surface area (Å²) in [5.74, 6) is -0.0697. The van der Waals surface area contributed by atoms with Gasteiger partial charge in [-0.3, -0.25) is 0 Å². The average molecular weight is 282 g/mol. The molecule has 0 radical (unpaired) electrons. The molecule has 4 N–H and O–H groups in total. The van der Waals surface area contributed by atoms with Gasteiger partial charge in [0.25, 0.3) is 0 Å². The Morgan fingerprint density at radius 1 is 1.47 bits per heavy atom. The summed E-state index contributed by atoms with van der Waals surface area (Å²) < 4.78 is 5.07. The maximum Gasteiger partial charge on any atom is 0.350 e. The monoisotopic (exact) mass is 282 g/mol. The highest BCUT2D eigenvalue weighted by molar-refractivity contribution is 7.17. The van der Waals surface area contributed by atoms with Crippen LogP contribution in [0, 0.1) is 0 Å². The van der Waals surface area contributed by atoms with Crippen LogP contribution in [0.5, 0.6) is 0 Å². The van der Waals surface area contributed by atoms with Gasteiger partial charge in [-0.2, -0.15) is 4.99 Å². The molecule has 19 heavy (non-hydrogen) atoms. The van der Waals surface area contributed by atoms with Gasteiger partial charge in [-0.15, -0.1) is 0 Å². The van der Waals surface area contributed by atoms with E-state index in [1.165, 1.54) is 24.2 Å². The van der Waals surface area contributed by atoms with Crippen LogP contribution in [0.25, 0.3) is 0 Å². The minimum atomic E-state index is -0.334. The molecule has 0 bridgehead atoms. The van der Waals surface area contributed by atoms with Crippen molar-refractivity contribution in [2.24, 2.45) is 16.5 Å². The van der Waals surface area contributed by atoms with Crippen molar-refractivity contribution in [1.29, 1.82) is 0 Å². The molecule has 0 unspecified atom stereocenters. The molecule has 6 nitrogen and oxygen atoms in total. The SMILES string of the molecule is CCOC(=O)c1sc(N=C(N)N)nc1C1CCCC1. The second-order valence-electron chi connectivity index (χ2n) is 4.45. The predicted octanol–water partition coefficient (Wildman–Crippen LogP) is 1.88. The summed E-state index contributed by atoms with van der Waals surface area (Å²) in [5, 5.41) is 0.421. The van der Waals surface area contributed by atoms with Gasteiger partial charge >= 0.3 is 5.97 Å². The number of aliphatic imine (C=N–C) groups is 1. The molecular weight excluding hydrogens is 264 g/mol. The summed E-state index contributed by atoms with van der Waals surface area (Å²) in [6.07, 6.45) is 4.44. The highest BCUT2D eigenvalue weighted by Crippen LogP contribution is 2.39. The van der Waals surface area contributed by atoms with Gasteiger partial charge in [0.15, 0.2) is 5.96 Å². The van der Waals surface area contributed by atoms with Gasteiger partial charge in [-0.05, 0) is 19.8 Å². The van der Waals surface area contributed by atoms with E-state index in [-0.39, 0.29) is 11.9 Å². The molecule has 1 aliphatic carbocycles. The zero-order valence-corrected chi connectivity index (χ0v) is 11.7. The second kappa shape index (κ2) is 6.01. The van der Waals surface area contributed by atoms with Crippen LogP contribution >= 0.6 is 11.3 Å². The fourth-order valence-electron chi connectivity index (χ4n) is 2.30. The van der Waals surface area contributed by atoms with E-state index in [9.17, 15) is 4.79 Å². The number of carbonyl (C=O) groups excluding carboxylic acids is 1. The third kappa shape index (κ3) is 3.23. The zero-order valence-electron chi connectivity index (χ0n) is 10.9. The van der Waals surface area contributed by atoms with E-state index >= 15 is 0 Å². The number of carbonyl (C=O) groups is 1. The van der Waals surface area contributed by atoms with Gasteiger partial charge in [0.05, 0.1) is 12.3 Å². The summed E-state index contributed by atoms with van der Waals surface area (Å²) in [4.78, 5) is 20.8. The van der Waals surface area contributed by atoms with Gasteiger partial charge in [0, 0.05) is 5.92 Å². The Hall–Kier alpha value is -1.63. The molecule has 1 aromatic heterocycles. The molecule has 7 heteroatoms. The summed E-state index contributed by atoms with van der Waals surface area (Å²) in [5.41, 5.74) is 11.5. The van der Waals surface area contributed by atoms with E-state index < -0.39 is 0 Å². The number of esters is 1. The van der Waals surface area contributed by atoms with Gasteiger partial charge in [0.2, 0.25) is 5.13 Å². The van der Waals surface area contributed by atoms with Crippen LogP contribution in [0.1, 0.15) is 53.9 Å². The fourth-order valence-corrected chi connectivity index (χ4v) is 3.23. The Labute approximate surface area is 115 Å². The third-order valence-electron chi connectivity index (χ3n) is 3.07. The molecule has 1 aliphatic rings. The largest absolute Gasteiger partial charge is 0.462 e. The molecule has 1 fully saturated rings. The topological polar surface area (TPSA) is 104 Å². The van der Waals surface area contributed by atoms with E-state index in [4.69, 9.17) is 16.2 Å². The Balaban J connectivity index is 2.34. The number of guanidine groups is 1.